The zero-order valence-electron chi connectivity index (χ0n) is 14.2. The molecule has 6 nitrogen and oxygen atoms in total. The van der Waals surface area contributed by atoms with Crippen LogP contribution in [0.4, 0.5) is 0 Å². The van der Waals surface area contributed by atoms with Crippen LogP contribution in [0, 0.1) is 0 Å². The van der Waals surface area contributed by atoms with Crippen LogP contribution in [-0.2, 0) is 21.2 Å². The Balaban J connectivity index is 2.11. The predicted molar refractivity (Wildman–Crippen MR) is 101 cm³/mol. The quantitative estimate of drug-likeness (QED) is 0.732. The molecule has 0 atom stereocenters. The molecule has 0 fully saturated rings. The minimum Gasteiger partial charge on any atom is -0.305 e. The first-order chi connectivity index (χ1) is 11.5. The van der Waals surface area contributed by atoms with Gasteiger partial charge in [-0.05, 0) is 23.1 Å². The summed E-state index contributed by atoms with van der Waals surface area (Å²) in [4.78, 5) is 20.8. The molecule has 25 heavy (non-hydrogen) atoms. The molecule has 0 aliphatic heterocycles. The predicted octanol–water partition coefficient (Wildman–Crippen LogP) is 2.74. The van der Waals surface area contributed by atoms with Crippen molar-refractivity contribution in [3.05, 3.63) is 51.1 Å². The number of rotatable bonds is 3. The molecule has 132 valence electrons. The van der Waals surface area contributed by atoms with Gasteiger partial charge in [0.25, 0.3) is 5.56 Å². The normalized spacial score (nSPS) is 12.6. The Morgan fingerprint density at radius 2 is 1.96 bits per heavy atom. The topological polar surface area (TPSA) is 106 Å². The molecule has 0 bridgehead atoms. The van der Waals surface area contributed by atoms with E-state index < -0.39 is 10.0 Å². The fourth-order valence-corrected chi connectivity index (χ4v) is 4.18. The van der Waals surface area contributed by atoms with Crippen molar-refractivity contribution in [3.8, 4) is 11.4 Å². The number of H-pyrrole nitrogens is 1. The molecule has 0 aliphatic carbocycles. The second-order valence-corrected chi connectivity index (χ2v) is 9.66. The van der Waals surface area contributed by atoms with E-state index >= 15 is 0 Å². The van der Waals surface area contributed by atoms with Gasteiger partial charge in [-0.15, -0.1) is 11.3 Å². The van der Waals surface area contributed by atoms with Gasteiger partial charge in [0.05, 0.1) is 11.3 Å². The molecular weight excluding hydrogens is 358 g/mol. The van der Waals surface area contributed by atoms with Crippen LogP contribution in [0.15, 0.2) is 35.1 Å². The minimum absolute atomic E-state index is 0.0621. The van der Waals surface area contributed by atoms with Crippen LogP contribution >= 0.6 is 11.3 Å². The zero-order chi connectivity index (χ0) is 18.4. The molecule has 0 saturated heterocycles. The second-order valence-electron chi connectivity index (χ2n) is 7.00. The molecule has 0 aliphatic rings. The summed E-state index contributed by atoms with van der Waals surface area (Å²) in [5, 5.41) is 5.10. The van der Waals surface area contributed by atoms with Gasteiger partial charge in [0.1, 0.15) is 10.5 Å². The number of hydrogen-bond acceptors (Lipinski definition) is 5. The van der Waals surface area contributed by atoms with Crippen molar-refractivity contribution < 1.29 is 8.42 Å². The molecule has 0 saturated carbocycles. The van der Waals surface area contributed by atoms with Crippen LogP contribution in [0.1, 0.15) is 31.2 Å². The molecule has 0 spiro atoms. The second kappa shape index (κ2) is 6.05. The SMILES string of the molecule is CC(C)(C)c1cc2nc(-c3cccc(CS(N)(=O)=O)c3)[nH]c(=O)c2s1. The van der Waals surface area contributed by atoms with Gasteiger partial charge in [0.2, 0.25) is 10.0 Å². The van der Waals surface area contributed by atoms with Crippen LogP contribution in [0.2, 0.25) is 0 Å². The van der Waals surface area contributed by atoms with Crippen molar-refractivity contribution in [1.82, 2.24) is 9.97 Å². The van der Waals surface area contributed by atoms with Gasteiger partial charge >= 0.3 is 0 Å². The van der Waals surface area contributed by atoms with Gasteiger partial charge in [-0.3, -0.25) is 4.79 Å². The van der Waals surface area contributed by atoms with Crippen molar-refractivity contribution >= 4 is 31.6 Å². The Morgan fingerprint density at radius 1 is 1.24 bits per heavy atom. The minimum atomic E-state index is -3.62. The summed E-state index contributed by atoms with van der Waals surface area (Å²) in [7, 11) is -3.62. The van der Waals surface area contributed by atoms with E-state index in [4.69, 9.17) is 5.14 Å². The average molecular weight is 377 g/mol. The number of nitrogens with one attached hydrogen (secondary N) is 1. The van der Waals surface area contributed by atoms with Crippen LogP contribution in [0.3, 0.4) is 0 Å². The highest BCUT2D eigenvalue weighted by Gasteiger charge is 2.19. The van der Waals surface area contributed by atoms with Crippen molar-refractivity contribution in [3.63, 3.8) is 0 Å². The summed E-state index contributed by atoms with van der Waals surface area (Å²) in [6, 6.07) is 8.77. The highest BCUT2D eigenvalue weighted by atomic mass is 32.2. The fourth-order valence-electron chi connectivity index (χ4n) is 2.49. The largest absolute Gasteiger partial charge is 0.305 e. The molecular formula is C17H19N3O3S2. The van der Waals surface area contributed by atoms with Crippen LogP contribution < -0.4 is 10.7 Å². The molecule has 0 radical (unpaired) electrons. The van der Waals surface area contributed by atoms with Crippen LogP contribution in [0.5, 0.6) is 0 Å². The monoisotopic (exact) mass is 377 g/mol. The lowest BCUT2D eigenvalue weighted by atomic mass is 9.95. The van der Waals surface area contributed by atoms with Crippen molar-refractivity contribution in [2.24, 2.45) is 5.14 Å². The van der Waals surface area contributed by atoms with Crippen molar-refractivity contribution in [2.45, 2.75) is 31.9 Å². The first-order valence-corrected chi connectivity index (χ1v) is 10.2. The lowest BCUT2D eigenvalue weighted by Crippen LogP contribution is -2.14. The summed E-state index contributed by atoms with van der Waals surface area (Å²) >= 11 is 1.44. The van der Waals surface area contributed by atoms with E-state index in [9.17, 15) is 13.2 Å². The van der Waals surface area contributed by atoms with Gasteiger partial charge in [0.15, 0.2) is 0 Å². The van der Waals surface area contributed by atoms with Gasteiger partial charge in [-0.25, -0.2) is 18.5 Å². The molecule has 8 heteroatoms. The van der Waals surface area contributed by atoms with Gasteiger partial charge in [-0.2, -0.15) is 0 Å². The van der Waals surface area contributed by atoms with E-state index in [2.05, 4.69) is 30.7 Å². The lowest BCUT2D eigenvalue weighted by molar-refractivity contribution is 0.597. The van der Waals surface area contributed by atoms with Gasteiger partial charge in [-0.1, -0.05) is 39.0 Å². The first kappa shape index (κ1) is 17.8. The summed E-state index contributed by atoms with van der Waals surface area (Å²) < 4.78 is 23.2. The highest BCUT2D eigenvalue weighted by Crippen LogP contribution is 2.32. The van der Waals surface area contributed by atoms with E-state index in [0.29, 0.717) is 27.2 Å². The third kappa shape index (κ3) is 3.97. The Morgan fingerprint density at radius 3 is 2.60 bits per heavy atom. The number of primary sulfonamides is 1. The number of aromatic nitrogens is 2. The molecule has 1 aromatic carbocycles. The van der Waals surface area contributed by atoms with Gasteiger partial charge in [0, 0.05) is 10.4 Å². The number of fused-ring (bicyclic) bond motifs is 1. The molecule has 3 N–H and O–H groups in total. The standard InChI is InChI=1S/C17H19N3O3S2/c1-17(2,3)13-8-12-14(24-13)16(21)20-15(19-12)11-6-4-5-10(7-11)9-25(18,22)23/h4-8H,9H2,1-3H3,(H2,18,22,23)(H,19,20,21). The van der Waals surface area contributed by atoms with Crippen LogP contribution in [0.25, 0.3) is 21.6 Å². The zero-order valence-corrected chi connectivity index (χ0v) is 15.8. The molecule has 2 heterocycles. The smallest absolute Gasteiger partial charge is 0.269 e. The maximum absolute atomic E-state index is 12.4. The van der Waals surface area contributed by atoms with E-state index in [-0.39, 0.29) is 16.7 Å². The lowest BCUT2D eigenvalue weighted by Gasteiger charge is -2.14. The first-order valence-electron chi connectivity index (χ1n) is 7.67. The molecule has 0 amide bonds. The van der Waals surface area contributed by atoms with E-state index in [1.165, 1.54) is 11.3 Å². The summed E-state index contributed by atoms with van der Waals surface area (Å²) in [6.45, 7) is 6.26. The molecule has 3 rings (SSSR count). The number of nitrogens with zero attached hydrogens (tertiary/aromatic N) is 1. The Kier molecular flexibility index (Phi) is 4.30. The maximum Gasteiger partial charge on any atom is 0.269 e. The molecule has 0 unspecified atom stereocenters. The highest BCUT2D eigenvalue weighted by molar-refractivity contribution is 7.88. The van der Waals surface area contributed by atoms with E-state index in [1.807, 2.05) is 6.07 Å². The summed E-state index contributed by atoms with van der Waals surface area (Å²) in [6.07, 6.45) is 0. The number of nitrogens with two attached hydrogens (primary N) is 1. The Hall–Kier alpha value is -2.03. The molecule has 2 aromatic heterocycles. The van der Waals surface area contributed by atoms with Gasteiger partial charge < -0.3 is 4.98 Å². The Labute approximate surface area is 149 Å². The Bertz CT molecular complexity index is 1110. The number of thiophene rings is 1. The molecule has 3 aromatic rings. The number of benzene rings is 1. The van der Waals surface area contributed by atoms with E-state index in [0.717, 1.165) is 4.88 Å². The fraction of sp³-hybridized carbons (Fsp3) is 0.294. The number of sulfonamides is 1. The summed E-state index contributed by atoms with van der Waals surface area (Å²) in [5.74, 6) is 0.145. The van der Waals surface area contributed by atoms with Crippen molar-refractivity contribution in [2.75, 3.05) is 0 Å². The summed E-state index contributed by atoms with van der Waals surface area (Å²) in [5.41, 5.74) is 1.57. The van der Waals surface area contributed by atoms with Crippen LogP contribution in [-0.4, -0.2) is 18.4 Å². The average Bonchev–Trinajstić information content (AvgIpc) is 2.90. The van der Waals surface area contributed by atoms with E-state index in [1.54, 1.807) is 24.3 Å². The third-order valence-electron chi connectivity index (χ3n) is 3.69. The number of aromatic amines is 1. The number of hydrogen-bond donors (Lipinski definition) is 2. The maximum atomic E-state index is 12.4. The van der Waals surface area contributed by atoms with Crippen molar-refractivity contribution in [1.29, 1.82) is 0 Å². The third-order valence-corrected chi connectivity index (χ3v) is 5.97.